The van der Waals surface area contributed by atoms with Crippen LogP contribution < -0.4 is 5.43 Å². The molecule has 5 nitrogen and oxygen atoms in total. The van der Waals surface area contributed by atoms with E-state index >= 15 is 0 Å². The zero-order valence-electron chi connectivity index (χ0n) is 13.1. The number of carbonyl (C=O) groups is 1. The molecule has 126 valence electrons. The summed E-state index contributed by atoms with van der Waals surface area (Å²) in [5.74, 6) is -0.320. The quantitative estimate of drug-likeness (QED) is 0.734. The Morgan fingerprint density at radius 1 is 1.12 bits per heavy atom. The van der Waals surface area contributed by atoms with Gasteiger partial charge in [0.2, 0.25) is 5.76 Å². The van der Waals surface area contributed by atoms with Gasteiger partial charge >= 0.3 is 0 Å². The number of nitrogens with zero attached hydrogens (tertiary/aromatic N) is 1. The number of aliphatic hydroxyl groups is 1. The lowest BCUT2D eigenvalue weighted by Crippen LogP contribution is -2.32. The van der Waals surface area contributed by atoms with Gasteiger partial charge in [0.05, 0.1) is 23.6 Å². The number of hydrogen-bond donors (Lipinski definition) is 1. The van der Waals surface area contributed by atoms with Crippen molar-refractivity contribution in [1.29, 1.82) is 0 Å². The second-order valence-electron chi connectivity index (χ2n) is 5.85. The van der Waals surface area contributed by atoms with Gasteiger partial charge in [-0.05, 0) is 29.8 Å². The number of β-amino-alcohol motifs (C(OH)–C–C–N with tert-alkyl or cyclic N) is 1. The molecule has 1 aliphatic heterocycles. The third kappa shape index (κ3) is 2.49. The molecule has 1 amide bonds. The standard InChI is InChI=1S/C19H14BrNO4/c20-12-5-3-4-11(10-12)16-15-17(23)13-6-1-2-7-14(13)25-18(15)19(24)21(16)8-9-22/h1-7,10,16,22H,8-9H2/t16-/m0/s1. The van der Waals surface area contributed by atoms with Gasteiger partial charge < -0.3 is 14.4 Å². The zero-order valence-corrected chi connectivity index (χ0v) is 14.7. The highest BCUT2D eigenvalue weighted by molar-refractivity contribution is 9.10. The van der Waals surface area contributed by atoms with Gasteiger partial charge in [-0.3, -0.25) is 9.59 Å². The number of hydrogen-bond acceptors (Lipinski definition) is 4. The molecular weight excluding hydrogens is 386 g/mol. The Morgan fingerprint density at radius 3 is 2.68 bits per heavy atom. The molecule has 0 saturated carbocycles. The van der Waals surface area contributed by atoms with Crippen LogP contribution in [0.5, 0.6) is 0 Å². The SMILES string of the molecule is O=C1c2oc3ccccc3c(=O)c2[C@H](c2cccc(Br)c2)N1CCO. The summed E-state index contributed by atoms with van der Waals surface area (Å²) in [4.78, 5) is 27.4. The van der Waals surface area contributed by atoms with Gasteiger partial charge in [-0.1, -0.05) is 40.2 Å². The Labute approximate surface area is 151 Å². The number of fused-ring (bicyclic) bond motifs is 2. The van der Waals surface area contributed by atoms with Crippen molar-refractivity contribution in [2.24, 2.45) is 0 Å². The van der Waals surface area contributed by atoms with Gasteiger partial charge in [-0.15, -0.1) is 0 Å². The fraction of sp³-hybridized carbons (Fsp3) is 0.158. The van der Waals surface area contributed by atoms with Crippen LogP contribution in [0.1, 0.15) is 27.7 Å². The Bertz CT molecular complexity index is 1040. The summed E-state index contributed by atoms with van der Waals surface area (Å²) < 4.78 is 6.62. The minimum absolute atomic E-state index is 0.0575. The number of carbonyl (C=O) groups excluding carboxylic acids is 1. The van der Waals surface area contributed by atoms with E-state index in [0.717, 1.165) is 10.0 Å². The molecule has 6 heteroatoms. The van der Waals surface area contributed by atoms with E-state index in [-0.39, 0.29) is 30.2 Å². The average Bonchev–Trinajstić information content (AvgIpc) is 2.89. The summed E-state index contributed by atoms with van der Waals surface area (Å²) in [5.41, 5.74) is 1.29. The Hall–Kier alpha value is -2.44. The molecule has 25 heavy (non-hydrogen) atoms. The van der Waals surface area contributed by atoms with Crippen molar-refractivity contribution >= 4 is 32.8 Å². The van der Waals surface area contributed by atoms with Crippen LogP contribution in [-0.2, 0) is 0 Å². The highest BCUT2D eigenvalue weighted by Crippen LogP contribution is 2.38. The van der Waals surface area contributed by atoms with Crippen molar-refractivity contribution in [1.82, 2.24) is 4.90 Å². The smallest absolute Gasteiger partial charge is 0.290 e. The largest absolute Gasteiger partial charge is 0.450 e. The minimum atomic E-state index is -0.576. The first-order valence-electron chi connectivity index (χ1n) is 7.85. The van der Waals surface area contributed by atoms with Gasteiger partial charge in [0.25, 0.3) is 5.91 Å². The van der Waals surface area contributed by atoms with Crippen LogP contribution >= 0.6 is 15.9 Å². The van der Waals surface area contributed by atoms with Crippen molar-refractivity contribution < 1.29 is 14.3 Å². The maximum Gasteiger partial charge on any atom is 0.290 e. The fourth-order valence-electron chi connectivity index (χ4n) is 3.33. The highest BCUT2D eigenvalue weighted by atomic mass is 79.9. The van der Waals surface area contributed by atoms with Crippen molar-refractivity contribution in [2.45, 2.75) is 6.04 Å². The summed E-state index contributed by atoms with van der Waals surface area (Å²) in [5, 5.41) is 9.83. The maximum absolute atomic E-state index is 13.1. The van der Waals surface area contributed by atoms with Gasteiger partial charge in [0.15, 0.2) is 5.43 Å². The number of para-hydroxylation sites is 1. The lowest BCUT2D eigenvalue weighted by molar-refractivity contribution is 0.0691. The van der Waals surface area contributed by atoms with E-state index in [1.54, 1.807) is 24.3 Å². The number of benzene rings is 2. The molecule has 2 heterocycles. The van der Waals surface area contributed by atoms with Crippen LogP contribution in [-0.4, -0.2) is 29.1 Å². The van der Waals surface area contributed by atoms with E-state index in [1.165, 1.54) is 4.90 Å². The molecule has 0 fully saturated rings. The summed E-state index contributed by atoms with van der Waals surface area (Å²) in [6, 6.07) is 13.8. The minimum Gasteiger partial charge on any atom is -0.450 e. The van der Waals surface area contributed by atoms with Gasteiger partial charge in [0.1, 0.15) is 5.58 Å². The Morgan fingerprint density at radius 2 is 1.92 bits per heavy atom. The fourth-order valence-corrected chi connectivity index (χ4v) is 3.75. The van der Waals surface area contributed by atoms with Gasteiger partial charge in [-0.25, -0.2) is 0 Å². The van der Waals surface area contributed by atoms with E-state index < -0.39 is 6.04 Å². The van der Waals surface area contributed by atoms with Crippen molar-refractivity contribution in [3.63, 3.8) is 0 Å². The first-order valence-corrected chi connectivity index (χ1v) is 8.64. The van der Waals surface area contributed by atoms with Crippen LogP contribution in [0, 0.1) is 0 Å². The predicted molar refractivity (Wildman–Crippen MR) is 96.6 cm³/mol. The van der Waals surface area contributed by atoms with Crippen LogP contribution in [0.2, 0.25) is 0 Å². The molecule has 0 saturated heterocycles. The van der Waals surface area contributed by atoms with E-state index in [4.69, 9.17) is 4.42 Å². The molecule has 1 aromatic heterocycles. The molecule has 4 rings (SSSR count). The molecule has 0 bridgehead atoms. The first kappa shape index (κ1) is 16.1. The van der Waals surface area contributed by atoms with Crippen LogP contribution in [0.3, 0.4) is 0 Å². The third-order valence-electron chi connectivity index (χ3n) is 4.38. The van der Waals surface area contributed by atoms with Gasteiger partial charge in [0, 0.05) is 11.0 Å². The molecule has 0 aliphatic carbocycles. The second-order valence-corrected chi connectivity index (χ2v) is 6.77. The number of halogens is 1. The summed E-state index contributed by atoms with van der Waals surface area (Å²) in [6.45, 7) is -0.0755. The van der Waals surface area contributed by atoms with Crippen molar-refractivity contribution in [3.8, 4) is 0 Å². The number of aliphatic hydroxyl groups excluding tert-OH is 1. The lowest BCUT2D eigenvalue weighted by Gasteiger charge is -2.24. The zero-order chi connectivity index (χ0) is 17.6. The lowest BCUT2D eigenvalue weighted by atomic mass is 9.98. The molecule has 0 unspecified atom stereocenters. The van der Waals surface area contributed by atoms with E-state index in [9.17, 15) is 14.7 Å². The maximum atomic E-state index is 13.1. The molecule has 1 N–H and O–H groups in total. The van der Waals surface area contributed by atoms with E-state index in [2.05, 4.69) is 15.9 Å². The molecule has 2 aromatic carbocycles. The van der Waals surface area contributed by atoms with Gasteiger partial charge in [-0.2, -0.15) is 0 Å². The number of amides is 1. The molecule has 0 radical (unpaired) electrons. The van der Waals surface area contributed by atoms with E-state index in [0.29, 0.717) is 16.5 Å². The predicted octanol–water partition coefficient (Wildman–Crippen LogP) is 3.09. The highest BCUT2D eigenvalue weighted by Gasteiger charge is 2.42. The molecule has 1 aliphatic rings. The third-order valence-corrected chi connectivity index (χ3v) is 4.87. The van der Waals surface area contributed by atoms with Crippen LogP contribution in [0.4, 0.5) is 0 Å². The molecule has 3 aromatic rings. The topological polar surface area (TPSA) is 70.8 Å². The van der Waals surface area contributed by atoms with Crippen molar-refractivity contribution in [2.75, 3.05) is 13.2 Å². The second kappa shape index (κ2) is 6.13. The average molecular weight is 400 g/mol. The van der Waals surface area contributed by atoms with Crippen LogP contribution in [0.25, 0.3) is 11.0 Å². The monoisotopic (exact) mass is 399 g/mol. The van der Waals surface area contributed by atoms with E-state index in [1.807, 2.05) is 24.3 Å². The summed E-state index contributed by atoms with van der Waals surface area (Å²) >= 11 is 3.43. The molecule has 0 spiro atoms. The molecular formula is C19H14BrNO4. The summed E-state index contributed by atoms with van der Waals surface area (Å²) in [7, 11) is 0. The first-order chi connectivity index (χ1) is 12.1. The Kier molecular flexibility index (Phi) is 3.94. The van der Waals surface area contributed by atoms with Crippen LogP contribution in [0.15, 0.2) is 62.2 Å². The number of rotatable bonds is 3. The Balaban J connectivity index is 2.02. The normalized spacial score (nSPS) is 16.5. The molecule has 1 atom stereocenters. The van der Waals surface area contributed by atoms with Crippen molar-refractivity contribution in [3.05, 3.63) is 80.1 Å². The summed E-state index contributed by atoms with van der Waals surface area (Å²) in [6.07, 6.45) is 0.